The number of nitrogens with one attached hydrogen (secondary N) is 1. The molecule has 0 aliphatic rings. The normalized spacial score (nSPS) is 12.1. The van der Waals surface area contributed by atoms with Crippen molar-refractivity contribution in [3.05, 3.63) is 46.8 Å². The van der Waals surface area contributed by atoms with Gasteiger partial charge < -0.3 is 5.73 Å². The van der Waals surface area contributed by atoms with Crippen LogP contribution in [0.5, 0.6) is 0 Å². The highest BCUT2D eigenvalue weighted by Gasteiger charge is 2.30. The minimum atomic E-state index is -4.48. The fourth-order valence-electron chi connectivity index (χ4n) is 2.48. The maximum absolute atomic E-state index is 12.8. The van der Waals surface area contributed by atoms with Crippen LogP contribution in [0.25, 0.3) is 5.82 Å². The van der Waals surface area contributed by atoms with E-state index in [9.17, 15) is 18.0 Å². The highest BCUT2D eigenvalue weighted by atomic mass is 19.4. The van der Waals surface area contributed by atoms with Crippen LogP contribution < -0.4 is 11.2 Å². The first-order valence-corrected chi connectivity index (χ1v) is 8.23. The SMILES string of the molecule is CC(C)c1c(C(=O)N/N=C/c2cccc(C(F)(F)F)c2)nnn1-c1nonc1N. The van der Waals surface area contributed by atoms with Gasteiger partial charge in [0.2, 0.25) is 11.6 Å². The van der Waals surface area contributed by atoms with Crippen LogP contribution >= 0.6 is 0 Å². The summed E-state index contributed by atoms with van der Waals surface area (Å²) in [5.41, 5.74) is 7.53. The minimum Gasteiger partial charge on any atom is -0.378 e. The summed E-state index contributed by atoms with van der Waals surface area (Å²) >= 11 is 0. The number of hydrazone groups is 1. The number of amides is 1. The van der Waals surface area contributed by atoms with Crippen LogP contribution in [-0.2, 0) is 6.18 Å². The van der Waals surface area contributed by atoms with Gasteiger partial charge in [0.25, 0.3) is 5.91 Å². The average Bonchev–Trinajstić information content (AvgIpc) is 3.27. The standard InChI is InChI=1S/C16H15F3N8O2/c1-8(2)12-11(22-26-27(12)14-13(20)24-29-25-14)15(28)23-21-7-9-4-3-5-10(6-9)16(17,18)19/h3-8H,1-2H3,(H2,20,24)(H,23,28)/b21-7+. The van der Waals surface area contributed by atoms with Crippen molar-refractivity contribution >= 4 is 17.9 Å². The number of hydrogen-bond acceptors (Lipinski definition) is 8. The zero-order valence-corrected chi connectivity index (χ0v) is 15.2. The Hall–Kier alpha value is -3.77. The molecule has 0 aliphatic heterocycles. The number of halogens is 3. The summed E-state index contributed by atoms with van der Waals surface area (Å²) in [6, 6.07) is 4.51. The first-order chi connectivity index (χ1) is 13.7. The van der Waals surface area contributed by atoms with E-state index < -0.39 is 17.6 Å². The second-order valence-corrected chi connectivity index (χ2v) is 6.19. The lowest BCUT2D eigenvalue weighted by Crippen LogP contribution is -2.21. The van der Waals surface area contributed by atoms with E-state index in [1.165, 1.54) is 16.8 Å². The zero-order chi connectivity index (χ0) is 21.2. The van der Waals surface area contributed by atoms with E-state index in [0.29, 0.717) is 5.69 Å². The zero-order valence-electron chi connectivity index (χ0n) is 15.2. The lowest BCUT2D eigenvalue weighted by atomic mass is 10.1. The van der Waals surface area contributed by atoms with Crippen molar-refractivity contribution in [3.63, 3.8) is 0 Å². The molecule has 0 saturated carbocycles. The first-order valence-electron chi connectivity index (χ1n) is 8.23. The average molecular weight is 408 g/mol. The molecule has 0 bridgehead atoms. The second kappa shape index (κ2) is 7.69. The van der Waals surface area contributed by atoms with Gasteiger partial charge in [0, 0.05) is 0 Å². The molecule has 10 nitrogen and oxygen atoms in total. The molecule has 2 heterocycles. The smallest absolute Gasteiger partial charge is 0.378 e. The number of rotatable bonds is 5. The van der Waals surface area contributed by atoms with Gasteiger partial charge in [0.05, 0.1) is 17.5 Å². The Bertz CT molecular complexity index is 1050. The summed E-state index contributed by atoms with van der Waals surface area (Å²) in [6.45, 7) is 3.59. The minimum absolute atomic E-state index is 0.0358. The van der Waals surface area contributed by atoms with Gasteiger partial charge in [0.1, 0.15) is 0 Å². The van der Waals surface area contributed by atoms with Crippen LogP contribution in [0.15, 0.2) is 34.0 Å². The Kier molecular flexibility index (Phi) is 5.30. The predicted octanol–water partition coefficient (Wildman–Crippen LogP) is 2.14. The number of carbonyl (C=O) groups excluding carboxylic acids is 1. The van der Waals surface area contributed by atoms with Crippen LogP contribution in [0.2, 0.25) is 0 Å². The molecule has 1 amide bonds. The lowest BCUT2D eigenvalue weighted by Gasteiger charge is -2.08. The molecule has 2 aromatic heterocycles. The fraction of sp³-hybridized carbons (Fsp3) is 0.250. The second-order valence-electron chi connectivity index (χ2n) is 6.19. The van der Waals surface area contributed by atoms with Crippen molar-refractivity contribution in [2.24, 2.45) is 5.10 Å². The van der Waals surface area contributed by atoms with Crippen molar-refractivity contribution in [1.82, 2.24) is 30.7 Å². The van der Waals surface area contributed by atoms with Gasteiger partial charge in [-0.3, -0.25) is 4.79 Å². The summed E-state index contributed by atoms with van der Waals surface area (Å²) in [6.07, 6.45) is -3.39. The molecule has 0 fully saturated rings. The van der Waals surface area contributed by atoms with Crippen molar-refractivity contribution in [3.8, 4) is 5.82 Å². The highest BCUT2D eigenvalue weighted by molar-refractivity contribution is 5.94. The van der Waals surface area contributed by atoms with Crippen LogP contribution in [0.1, 0.15) is 47.1 Å². The Balaban J connectivity index is 1.81. The number of alkyl halides is 3. The molecule has 1 aromatic carbocycles. The molecule has 3 rings (SSSR count). The van der Waals surface area contributed by atoms with Crippen LogP contribution in [0.4, 0.5) is 19.0 Å². The molecular weight excluding hydrogens is 393 g/mol. The highest BCUT2D eigenvalue weighted by Crippen LogP contribution is 2.29. The molecule has 0 atom stereocenters. The summed E-state index contributed by atoms with van der Waals surface area (Å²) < 4.78 is 44.0. The topological polar surface area (TPSA) is 137 Å². The maximum atomic E-state index is 12.8. The molecule has 29 heavy (non-hydrogen) atoms. The number of anilines is 1. The van der Waals surface area contributed by atoms with E-state index >= 15 is 0 Å². The van der Waals surface area contributed by atoms with Crippen LogP contribution in [-0.4, -0.2) is 37.4 Å². The number of benzene rings is 1. The summed E-state index contributed by atoms with van der Waals surface area (Å²) in [7, 11) is 0. The third-order valence-electron chi connectivity index (χ3n) is 3.76. The number of aromatic nitrogens is 5. The molecule has 0 saturated heterocycles. The van der Waals surface area contributed by atoms with E-state index in [1.807, 2.05) is 0 Å². The van der Waals surface area contributed by atoms with Gasteiger partial charge in [-0.15, -0.1) is 5.10 Å². The Morgan fingerprint density at radius 1 is 1.34 bits per heavy atom. The van der Waals surface area contributed by atoms with Gasteiger partial charge in [-0.25, -0.2) is 10.1 Å². The number of nitrogen functional groups attached to an aromatic ring is 1. The van der Waals surface area contributed by atoms with Gasteiger partial charge in [0.15, 0.2) is 5.69 Å². The van der Waals surface area contributed by atoms with Crippen LogP contribution in [0.3, 0.4) is 0 Å². The Morgan fingerprint density at radius 3 is 2.72 bits per heavy atom. The number of hydrogen-bond donors (Lipinski definition) is 2. The molecule has 152 valence electrons. The number of nitrogens with zero attached hydrogens (tertiary/aromatic N) is 6. The summed E-state index contributed by atoms with van der Waals surface area (Å²) in [4.78, 5) is 12.4. The third-order valence-corrected chi connectivity index (χ3v) is 3.76. The van der Waals surface area contributed by atoms with Crippen molar-refractivity contribution < 1.29 is 22.6 Å². The number of carbonyl (C=O) groups is 1. The van der Waals surface area contributed by atoms with Gasteiger partial charge in [-0.05, 0) is 33.9 Å². The van der Waals surface area contributed by atoms with E-state index in [2.05, 4.69) is 35.8 Å². The summed E-state index contributed by atoms with van der Waals surface area (Å²) in [5.74, 6) is -0.883. The van der Waals surface area contributed by atoms with Crippen LogP contribution in [0, 0.1) is 0 Å². The molecule has 3 N–H and O–H groups in total. The van der Waals surface area contributed by atoms with E-state index in [0.717, 1.165) is 18.3 Å². The van der Waals surface area contributed by atoms with Gasteiger partial charge in [-0.2, -0.15) is 23.0 Å². The molecule has 0 unspecified atom stereocenters. The monoisotopic (exact) mass is 408 g/mol. The molecule has 0 radical (unpaired) electrons. The quantitative estimate of drug-likeness (QED) is 0.487. The summed E-state index contributed by atoms with van der Waals surface area (Å²) in [5, 5.41) is 18.4. The van der Waals surface area contributed by atoms with Crippen molar-refractivity contribution in [2.45, 2.75) is 25.9 Å². The largest absolute Gasteiger partial charge is 0.416 e. The van der Waals surface area contributed by atoms with Crippen molar-refractivity contribution in [1.29, 1.82) is 0 Å². The molecule has 13 heteroatoms. The maximum Gasteiger partial charge on any atom is 0.416 e. The predicted molar refractivity (Wildman–Crippen MR) is 94.2 cm³/mol. The van der Waals surface area contributed by atoms with E-state index in [1.54, 1.807) is 13.8 Å². The molecular formula is C16H15F3N8O2. The molecule has 0 aliphatic carbocycles. The van der Waals surface area contributed by atoms with E-state index in [-0.39, 0.29) is 28.8 Å². The molecule has 3 aromatic rings. The Labute approximate surface area is 161 Å². The van der Waals surface area contributed by atoms with E-state index in [4.69, 9.17) is 5.73 Å². The first kappa shape index (κ1) is 20.0. The van der Waals surface area contributed by atoms with Gasteiger partial charge in [-0.1, -0.05) is 31.2 Å². The lowest BCUT2D eigenvalue weighted by molar-refractivity contribution is -0.137. The fourth-order valence-corrected chi connectivity index (χ4v) is 2.48. The van der Waals surface area contributed by atoms with Crippen molar-refractivity contribution in [2.75, 3.05) is 5.73 Å². The number of nitrogens with two attached hydrogens (primary N) is 1. The third kappa shape index (κ3) is 4.23. The molecule has 0 spiro atoms. The van der Waals surface area contributed by atoms with Gasteiger partial charge >= 0.3 is 6.18 Å². The Morgan fingerprint density at radius 2 is 2.10 bits per heavy atom.